The topological polar surface area (TPSA) is 79.8 Å². The van der Waals surface area contributed by atoms with Gasteiger partial charge in [0.05, 0.1) is 25.5 Å². The van der Waals surface area contributed by atoms with Gasteiger partial charge in [-0.2, -0.15) is 0 Å². The highest BCUT2D eigenvalue weighted by molar-refractivity contribution is 5.93. The summed E-state index contributed by atoms with van der Waals surface area (Å²) in [5.41, 5.74) is 1.20. The van der Waals surface area contributed by atoms with E-state index in [-0.39, 0.29) is 5.91 Å². The van der Waals surface area contributed by atoms with Crippen molar-refractivity contribution in [2.24, 2.45) is 0 Å². The summed E-state index contributed by atoms with van der Waals surface area (Å²) in [4.78, 5) is 25.1. The van der Waals surface area contributed by atoms with Gasteiger partial charge in [-0.15, -0.1) is 0 Å². The molecule has 0 saturated carbocycles. The van der Waals surface area contributed by atoms with Gasteiger partial charge >= 0.3 is 0 Å². The molecule has 0 spiro atoms. The number of aromatic nitrogens is 2. The highest BCUT2D eigenvalue weighted by atomic mass is 16.5. The Balaban J connectivity index is 1.69. The first-order valence-corrected chi connectivity index (χ1v) is 8.39. The van der Waals surface area contributed by atoms with Gasteiger partial charge in [0, 0.05) is 44.6 Å². The van der Waals surface area contributed by atoms with Gasteiger partial charge in [-0.05, 0) is 19.2 Å². The molecular formula is C18H23N5O3. The van der Waals surface area contributed by atoms with Crippen molar-refractivity contribution in [2.45, 2.75) is 0 Å². The van der Waals surface area contributed by atoms with Gasteiger partial charge in [-0.1, -0.05) is 0 Å². The number of methoxy groups -OCH3 is 2. The number of anilines is 2. The van der Waals surface area contributed by atoms with Crippen molar-refractivity contribution >= 4 is 17.5 Å². The maximum Gasteiger partial charge on any atom is 0.257 e. The molecule has 1 aromatic carbocycles. The Labute approximate surface area is 152 Å². The first kappa shape index (κ1) is 17.9. The third kappa shape index (κ3) is 4.02. The van der Waals surface area contributed by atoms with Gasteiger partial charge < -0.3 is 24.6 Å². The lowest BCUT2D eigenvalue weighted by Crippen LogP contribution is -2.47. The van der Waals surface area contributed by atoms with Crippen LogP contribution in [0.1, 0.15) is 10.4 Å². The largest absolute Gasteiger partial charge is 0.497 e. The molecule has 1 aromatic heterocycles. The van der Waals surface area contributed by atoms with Gasteiger partial charge in [0.1, 0.15) is 11.5 Å². The molecule has 2 aromatic rings. The van der Waals surface area contributed by atoms with Crippen LogP contribution in [0.3, 0.4) is 0 Å². The highest BCUT2D eigenvalue weighted by Crippen LogP contribution is 2.30. The number of nitrogens with one attached hydrogen (secondary N) is 1. The molecule has 3 rings (SSSR count). The molecule has 0 bridgehead atoms. The summed E-state index contributed by atoms with van der Waals surface area (Å²) in [6.45, 7) is 3.20. The number of carbonyl (C=O) groups excluding carboxylic acids is 1. The molecule has 2 heterocycles. The number of amides is 1. The molecule has 138 valence electrons. The SMILES string of the molecule is COc1ccc(Nc2ncc(C(=O)N3CCN(C)CC3)cn2)c(OC)c1. The van der Waals surface area contributed by atoms with Crippen LogP contribution in [0.15, 0.2) is 30.6 Å². The summed E-state index contributed by atoms with van der Waals surface area (Å²) in [5, 5.41) is 3.09. The van der Waals surface area contributed by atoms with Crippen LogP contribution >= 0.6 is 0 Å². The van der Waals surface area contributed by atoms with E-state index in [1.54, 1.807) is 32.7 Å². The first-order valence-electron chi connectivity index (χ1n) is 8.39. The predicted octanol–water partition coefficient (Wildman–Crippen LogP) is 1.62. The van der Waals surface area contributed by atoms with E-state index < -0.39 is 0 Å². The fourth-order valence-corrected chi connectivity index (χ4v) is 2.72. The molecule has 0 radical (unpaired) electrons. The second kappa shape index (κ2) is 8.01. The van der Waals surface area contributed by atoms with Gasteiger partial charge in [0.25, 0.3) is 5.91 Å². The lowest BCUT2D eigenvalue weighted by molar-refractivity contribution is 0.0663. The molecule has 1 aliphatic rings. The summed E-state index contributed by atoms with van der Waals surface area (Å²) in [5.74, 6) is 1.67. The number of rotatable bonds is 5. The monoisotopic (exact) mass is 357 g/mol. The number of hydrogen-bond acceptors (Lipinski definition) is 7. The molecular weight excluding hydrogens is 334 g/mol. The van der Waals surface area contributed by atoms with Crippen LogP contribution < -0.4 is 14.8 Å². The number of hydrogen-bond donors (Lipinski definition) is 1. The van der Waals surface area contributed by atoms with Gasteiger partial charge in [0.15, 0.2) is 0 Å². The number of carbonyl (C=O) groups is 1. The van der Waals surface area contributed by atoms with E-state index >= 15 is 0 Å². The van der Waals surface area contributed by atoms with Crippen molar-refractivity contribution in [3.8, 4) is 11.5 Å². The Bertz CT molecular complexity index is 758. The Morgan fingerprint density at radius 1 is 1.08 bits per heavy atom. The molecule has 26 heavy (non-hydrogen) atoms. The Hall–Kier alpha value is -2.87. The molecule has 8 heteroatoms. The van der Waals surface area contributed by atoms with Crippen LogP contribution in [0.2, 0.25) is 0 Å². The van der Waals surface area contributed by atoms with E-state index in [9.17, 15) is 4.79 Å². The van der Waals surface area contributed by atoms with Gasteiger partial charge in [-0.3, -0.25) is 4.79 Å². The van der Waals surface area contributed by atoms with Gasteiger partial charge in [0.2, 0.25) is 5.95 Å². The van der Waals surface area contributed by atoms with Crippen molar-refractivity contribution in [1.82, 2.24) is 19.8 Å². The van der Waals surface area contributed by atoms with Crippen molar-refractivity contribution in [3.63, 3.8) is 0 Å². The second-order valence-corrected chi connectivity index (χ2v) is 6.08. The average Bonchev–Trinajstić information content (AvgIpc) is 2.69. The molecule has 1 N–H and O–H groups in total. The van der Waals surface area contributed by atoms with E-state index in [2.05, 4.69) is 27.2 Å². The zero-order chi connectivity index (χ0) is 18.5. The van der Waals surface area contributed by atoms with E-state index in [1.807, 2.05) is 17.0 Å². The smallest absolute Gasteiger partial charge is 0.257 e. The summed E-state index contributed by atoms with van der Waals surface area (Å²) in [7, 11) is 5.23. The maximum absolute atomic E-state index is 12.5. The second-order valence-electron chi connectivity index (χ2n) is 6.08. The van der Waals surface area contributed by atoms with Crippen LogP contribution in [0, 0.1) is 0 Å². The molecule has 1 fully saturated rings. The number of nitrogens with zero attached hydrogens (tertiary/aromatic N) is 4. The summed E-state index contributed by atoms with van der Waals surface area (Å²) >= 11 is 0. The standard InChI is InChI=1S/C18H23N5O3/c1-22-6-8-23(9-7-22)17(24)13-11-19-18(20-12-13)21-15-5-4-14(25-2)10-16(15)26-3/h4-5,10-12H,6-9H2,1-3H3,(H,19,20,21). The Morgan fingerprint density at radius 2 is 1.77 bits per heavy atom. The van der Waals surface area contributed by atoms with Crippen LogP contribution in [-0.4, -0.2) is 73.1 Å². The zero-order valence-corrected chi connectivity index (χ0v) is 15.2. The maximum atomic E-state index is 12.5. The molecule has 0 unspecified atom stereocenters. The molecule has 0 atom stereocenters. The normalized spacial score (nSPS) is 14.8. The lowest BCUT2D eigenvalue weighted by atomic mass is 10.2. The lowest BCUT2D eigenvalue weighted by Gasteiger charge is -2.32. The van der Waals surface area contributed by atoms with Crippen molar-refractivity contribution in [2.75, 3.05) is 52.8 Å². The fraction of sp³-hybridized carbons (Fsp3) is 0.389. The first-order chi connectivity index (χ1) is 12.6. The number of likely N-dealkylation sites (N-methyl/N-ethyl adjacent to an activating group) is 1. The van der Waals surface area contributed by atoms with E-state index in [1.165, 1.54) is 0 Å². The fourth-order valence-electron chi connectivity index (χ4n) is 2.72. The van der Waals surface area contributed by atoms with Crippen LogP contribution in [-0.2, 0) is 0 Å². The van der Waals surface area contributed by atoms with Crippen LogP contribution in [0.25, 0.3) is 0 Å². The van der Waals surface area contributed by atoms with E-state index in [4.69, 9.17) is 9.47 Å². The Morgan fingerprint density at radius 3 is 2.38 bits per heavy atom. The number of ether oxygens (including phenoxy) is 2. The summed E-state index contributed by atoms with van der Waals surface area (Å²) in [6, 6.07) is 5.41. The summed E-state index contributed by atoms with van der Waals surface area (Å²) < 4.78 is 10.5. The van der Waals surface area contributed by atoms with Crippen molar-refractivity contribution in [3.05, 3.63) is 36.2 Å². The minimum Gasteiger partial charge on any atom is -0.497 e. The van der Waals surface area contributed by atoms with Gasteiger partial charge in [-0.25, -0.2) is 9.97 Å². The number of piperazine rings is 1. The van der Waals surface area contributed by atoms with Crippen LogP contribution in [0.5, 0.6) is 11.5 Å². The highest BCUT2D eigenvalue weighted by Gasteiger charge is 2.21. The predicted molar refractivity (Wildman–Crippen MR) is 98.3 cm³/mol. The molecule has 1 aliphatic heterocycles. The quantitative estimate of drug-likeness (QED) is 0.871. The molecule has 1 saturated heterocycles. The number of benzene rings is 1. The van der Waals surface area contributed by atoms with E-state index in [0.717, 1.165) is 26.2 Å². The molecule has 1 amide bonds. The molecule has 0 aliphatic carbocycles. The zero-order valence-electron chi connectivity index (χ0n) is 15.2. The van der Waals surface area contributed by atoms with Crippen molar-refractivity contribution < 1.29 is 14.3 Å². The Kier molecular flexibility index (Phi) is 5.52. The third-order valence-electron chi connectivity index (χ3n) is 4.34. The third-order valence-corrected chi connectivity index (χ3v) is 4.34. The van der Waals surface area contributed by atoms with Crippen molar-refractivity contribution in [1.29, 1.82) is 0 Å². The average molecular weight is 357 g/mol. The summed E-state index contributed by atoms with van der Waals surface area (Å²) in [6.07, 6.45) is 3.10. The van der Waals surface area contributed by atoms with Crippen LogP contribution in [0.4, 0.5) is 11.6 Å². The minimum absolute atomic E-state index is 0.0355. The minimum atomic E-state index is -0.0355. The van der Waals surface area contributed by atoms with E-state index in [0.29, 0.717) is 28.7 Å². The molecule has 8 nitrogen and oxygen atoms in total.